The Morgan fingerprint density at radius 3 is 2.90 bits per heavy atom. The largest absolute Gasteiger partial charge is 0.290 e. The molecule has 3 N–H and O–H groups in total. The number of hydrogen-bond acceptors (Lipinski definition) is 3. The van der Waals surface area contributed by atoms with Crippen molar-refractivity contribution in [3.05, 3.63) is 40.6 Å². The zero-order chi connectivity index (χ0) is 14.1. The first-order valence-corrected chi connectivity index (χ1v) is 7.20. The molecule has 1 aliphatic carbocycles. The topological polar surface area (TPSA) is 68.0 Å². The Hall–Kier alpha value is -1.94. The highest BCUT2D eigenvalue weighted by molar-refractivity contribution is 6.07. The van der Waals surface area contributed by atoms with E-state index in [2.05, 4.69) is 24.5 Å². The molecule has 0 aliphatic heterocycles. The van der Waals surface area contributed by atoms with Crippen LogP contribution in [0.25, 0.3) is 10.9 Å². The molecule has 0 saturated carbocycles. The van der Waals surface area contributed by atoms with Gasteiger partial charge in [-0.1, -0.05) is 13.0 Å². The number of hydrogen-bond donors (Lipinski definition) is 2. The Labute approximate surface area is 118 Å². The number of nitrogens with one attached hydrogen (secondary N) is 1. The van der Waals surface area contributed by atoms with Gasteiger partial charge in [-0.2, -0.15) is 0 Å². The van der Waals surface area contributed by atoms with Crippen LogP contribution >= 0.6 is 0 Å². The fourth-order valence-corrected chi connectivity index (χ4v) is 3.02. The highest BCUT2D eigenvalue weighted by Gasteiger charge is 2.22. The maximum atomic E-state index is 12.2. The van der Waals surface area contributed by atoms with Gasteiger partial charge in [0.25, 0.3) is 5.91 Å². The number of benzene rings is 1. The average Bonchev–Trinajstić information content (AvgIpc) is 2.51. The number of nitrogens with zero attached hydrogens (tertiary/aromatic N) is 1. The summed E-state index contributed by atoms with van der Waals surface area (Å²) in [5, 5.41) is 0.924. The molecule has 1 heterocycles. The molecule has 0 radical (unpaired) electrons. The molecular weight excluding hydrogens is 250 g/mol. The molecule has 0 atom stereocenters. The number of carbonyl (C=O) groups is 1. The lowest BCUT2D eigenvalue weighted by molar-refractivity contribution is 0.0954. The molecule has 1 aromatic carbocycles. The summed E-state index contributed by atoms with van der Waals surface area (Å²) in [7, 11) is 0. The fourth-order valence-electron chi connectivity index (χ4n) is 3.02. The lowest BCUT2D eigenvalue weighted by atomic mass is 9.89. The summed E-state index contributed by atoms with van der Waals surface area (Å²) in [4.78, 5) is 17.0. The van der Waals surface area contributed by atoms with E-state index in [-0.39, 0.29) is 5.91 Å². The van der Waals surface area contributed by atoms with Crippen LogP contribution in [0, 0.1) is 0 Å². The number of nitrogens with two attached hydrogens (primary N) is 1. The van der Waals surface area contributed by atoms with Crippen LogP contribution in [0.4, 0.5) is 0 Å². The van der Waals surface area contributed by atoms with Gasteiger partial charge in [0.2, 0.25) is 0 Å². The standard InChI is InChI=1S/C16H19N3O/c1-2-10-7-8-14-12(9-10)15(16(20)19-17)11-5-3-4-6-13(11)18-14/h7-9H,2-6,17H2,1H3,(H,19,20). The smallest absolute Gasteiger partial charge is 0.266 e. The third kappa shape index (κ3) is 2.06. The third-order valence-electron chi connectivity index (χ3n) is 4.09. The molecule has 0 saturated heterocycles. The van der Waals surface area contributed by atoms with Crippen LogP contribution in [-0.2, 0) is 19.3 Å². The van der Waals surface area contributed by atoms with Gasteiger partial charge in [-0.15, -0.1) is 0 Å². The predicted molar refractivity (Wildman–Crippen MR) is 79.4 cm³/mol. The van der Waals surface area contributed by atoms with Gasteiger partial charge in [0, 0.05) is 11.1 Å². The Kier molecular flexibility index (Phi) is 3.40. The summed E-state index contributed by atoms with van der Waals surface area (Å²) in [5.41, 5.74) is 7.26. The second kappa shape index (κ2) is 5.21. The molecule has 1 aliphatic rings. The highest BCUT2D eigenvalue weighted by Crippen LogP contribution is 2.29. The number of hydrazine groups is 1. The zero-order valence-corrected chi connectivity index (χ0v) is 11.7. The molecule has 20 heavy (non-hydrogen) atoms. The van der Waals surface area contributed by atoms with Crippen molar-refractivity contribution >= 4 is 16.8 Å². The lowest BCUT2D eigenvalue weighted by Crippen LogP contribution is -2.32. The van der Waals surface area contributed by atoms with E-state index < -0.39 is 0 Å². The van der Waals surface area contributed by atoms with Gasteiger partial charge in [0.15, 0.2) is 0 Å². The second-order valence-corrected chi connectivity index (χ2v) is 5.30. The SMILES string of the molecule is CCc1ccc2nc3c(c(C(=O)NN)c2c1)CCCC3. The Balaban J connectivity index is 2.34. The van der Waals surface area contributed by atoms with Gasteiger partial charge < -0.3 is 0 Å². The maximum Gasteiger partial charge on any atom is 0.266 e. The normalized spacial score (nSPS) is 14.1. The number of rotatable bonds is 2. The highest BCUT2D eigenvalue weighted by atomic mass is 16.2. The summed E-state index contributed by atoms with van der Waals surface area (Å²) >= 11 is 0. The summed E-state index contributed by atoms with van der Waals surface area (Å²) < 4.78 is 0. The quantitative estimate of drug-likeness (QED) is 0.499. The van der Waals surface area contributed by atoms with Crippen molar-refractivity contribution in [2.45, 2.75) is 39.0 Å². The number of carbonyl (C=O) groups excluding carboxylic acids is 1. The summed E-state index contributed by atoms with van der Waals surface area (Å²) in [6, 6.07) is 6.16. The molecule has 3 rings (SSSR count). The minimum atomic E-state index is -0.205. The number of pyridine rings is 1. The van der Waals surface area contributed by atoms with Crippen LogP contribution in [0.15, 0.2) is 18.2 Å². The van der Waals surface area contributed by atoms with Gasteiger partial charge in [-0.05, 0) is 55.4 Å². The van der Waals surface area contributed by atoms with E-state index >= 15 is 0 Å². The van der Waals surface area contributed by atoms with Crippen LogP contribution < -0.4 is 11.3 Å². The fraction of sp³-hybridized carbons (Fsp3) is 0.375. The van der Waals surface area contributed by atoms with Crippen molar-refractivity contribution in [2.75, 3.05) is 0 Å². The molecule has 2 aromatic rings. The van der Waals surface area contributed by atoms with E-state index in [9.17, 15) is 4.79 Å². The summed E-state index contributed by atoms with van der Waals surface area (Å²) in [6.07, 6.45) is 5.06. The molecule has 104 valence electrons. The van der Waals surface area contributed by atoms with Crippen molar-refractivity contribution < 1.29 is 4.79 Å². The minimum Gasteiger partial charge on any atom is -0.290 e. The molecule has 0 spiro atoms. The Morgan fingerprint density at radius 1 is 1.35 bits per heavy atom. The molecule has 4 nitrogen and oxygen atoms in total. The van der Waals surface area contributed by atoms with E-state index in [1.165, 1.54) is 5.56 Å². The monoisotopic (exact) mass is 269 g/mol. The molecule has 1 aromatic heterocycles. The first-order chi connectivity index (χ1) is 9.74. The minimum absolute atomic E-state index is 0.205. The van der Waals surface area contributed by atoms with E-state index in [1.54, 1.807) is 0 Å². The van der Waals surface area contributed by atoms with Gasteiger partial charge in [0.05, 0.1) is 11.1 Å². The zero-order valence-electron chi connectivity index (χ0n) is 11.7. The molecule has 4 heteroatoms. The Morgan fingerprint density at radius 2 is 2.15 bits per heavy atom. The lowest BCUT2D eigenvalue weighted by Gasteiger charge is -2.20. The van der Waals surface area contributed by atoms with Crippen molar-refractivity contribution in [2.24, 2.45) is 5.84 Å². The third-order valence-corrected chi connectivity index (χ3v) is 4.09. The molecule has 0 fully saturated rings. The number of nitrogen functional groups attached to an aromatic ring is 1. The second-order valence-electron chi connectivity index (χ2n) is 5.30. The van der Waals surface area contributed by atoms with Crippen LogP contribution in [0.2, 0.25) is 0 Å². The molecule has 0 unspecified atom stereocenters. The summed E-state index contributed by atoms with van der Waals surface area (Å²) in [6.45, 7) is 2.11. The Bertz CT molecular complexity index is 679. The van der Waals surface area contributed by atoms with E-state index in [1.807, 2.05) is 6.07 Å². The molecular formula is C16H19N3O. The first kappa shape index (κ1) is 13.1. The van der Waals surface area contributed by atoms with Crippen LogP contribution in [0.5, 0.6) is 0 Å². The van der Waals surface area contributed by atoms with Crippen molar-refractivity contribution in [1.29, 1.82) is 0 Å². The predicted octanol–water partition coefficient (Wildman–Crippen LogP) is 2.28. The molecule has 0 bridgehead atoms. The number of aromatic nitrogens is 1. The van der Waals surface area contributed by atoms with Crippen molar-refractivity contribution in [1.82, 2.24) is 10.4 Å². The van der Waals surface area contributed by atoms with Gasteiger partial charge in [0.1, 0.15) is 0 Å². The van der Waals surface area contributed by atoms with Crippen molar-refractivity contribution in [3.8, 4) is 0 Å². The first-order valence-electron chi connectivity index (χ1n) is 7.20. The van der Waals surface area contributed by atoms with E-state index in [4.69, 9.17) is 10.8 Å². The number of amides is 1. The van der Waals surface area contributed by atoms with Crippen molar-refractivity contribution in [3.63, 3.8) is 0 Å². The van der Waals surface area contributed by atoms with E-state index in [0.29, 0.717) is 0 Å². The number of aryl methyl sites for hydroxylation is 2. The van der Waals surface area contributed by atoms with Gasteiger partial charge >= 0.3 is 0 Å². The number of fused-ring (bicyclic) bond motifs is 2. The van der Waals surface area contributed by atoms with Crippen LogP contribution in [0.3, 0.4) is 0 Å². The van der Waals surface area contributed by atoms with Gasteiger partial charge in [-0.3, -0.25) is 15.2 Å². The summed E-state index contributed by atoms with van der Waals surface area (Å²) in [5.74, 6) is 5.17. The van der Waals surface area contributed by atoms with Crippen LogP contribution in [0.1, 0.15) is 46.9 Å². The van der Waals surface area contributed by atoms with E-state index in [0.717, 1.165) is 59.8 Å². The average molecular weight is 269 g/mol. The van der Waals surface area contributed by atoms with Crippen LogP contribution in [-0.4, -0.2) is 10.9 Å². The maximum absolute atomic E-state index is 12.2. The molecule has 1 amide bonds. The van der Waals surface area contributed by atoms with Gasteiger partial charge in [-0.25, -0.2) is 5.84 Å².